The van der Waals surface area contributed by atoms with Crippen molar-refractivity contribution in [2.45, 2.75) is 96.8 Å². The van der Waals surface area contributed by atoms with Crippen LogP contribution in [0.4, 0.5) is 5.69 Å². The number of ether oxygens (including phenoxy) is 1. The molecule has 4 rings (SSSR count). The van der Waals surface area contributed by atoms with Crippen LogP contribution >= 0.6 is 11.6 Å². The highest BCUT2D eigenvalue weighted by atomic mass is 35.5. The highest BCUT2D eigenvalue weighted by Gasteiger charge is 2.22. The highest BCUT2D eigenvalue weighted by Crippen LogP contribution is 2.37. The molecule has 0 atom stereocenters. The second-order valence-corrected chi connectivity index (χ2v) is 10.7. The van der Waals surface area contributed by atoms with Crippen molar-refractivity contribution < 1.29 is 9.26 Å². The Kier molecular flexibility index (Phi) is 10.2. The van der Waals surface area contributed by atoms with Crippen molar-refractivity contribution in [3.05, 3.63) is 40.5 Å². The van der Waals surface area contributed by atoms with Gasteiger partial charge in [-0.3, -0.25) is 0 Å². The van der Waals surface area contributed by atoms with E-state index in [0.29, 0.717) is 28.5 Å². The first-order valence-electron chi connectivity index (χ1n) is 14.0. The average molecular weight is 525 g/mol. The SMILES string of the molecule is CCCCCCCCCCNc1c(C)cc(-c2noc(-c3cc(OC)nc(C4CCCC4)c3)n2)cc1Cl. The van der Waals surface area contributed by atoms with Crippen LogP contribution in [-0.4, -0.2) is 28.8 Å². The Morgan fingerprint density at radius 1 is 0.946 bits per heavy atom. The van der Waals surface area contributed by atoms with Gasteiger partial charge in [-0.1, -0.05) is 81.5 Å². The van der Waals surface area contributed by atoms with Crippen LogP contribution in [0.15, 0.2) is 28.8 Å². The van der Waals surface area contributed by atoms with Gasteiger partial charge in [0.25, 0.3) is 5.89 Å². The maximum atomic E-state index is 6.68. The molecule has 1 saturated carbocycles. The number of anilines is 1. The molecule has 2 aromatic heterocycles. The number of halogens is 1. The zero-order valence-corrected chi connectivity index (χ0v) is 23.4. The van der Waals surface area contributed by atoms with Crippen LogP contribution in [0.2, 0.25) is 5.02 Å². The summed E-state index contributed by atoms with van der Waals surface area (Å²) >= 11 is 6.68. The summed E-state index contributed by atoms with van der Waals surface area (Å²) in [6.45, 7) is 5.25. The number of benzene rings is 1. The molecule has 3 aromatic rings. The lowest BCUT2D eigenvalue weighted by atomic mass is 10.0. The van der Waals surface area contributed by atoms with Crippen LogP contribution in [-0.2, 0) is 0 Å². The monoisotopic (exact) mass is 524 g/mol. The van der Waals surface area contributed by atoms with E-state index >= 15 is 0 Å². The van der Waals surface area contributed by atoms with Crippen LogP contribution in [0.1, 0.15) is 101 Å². The Morgan fingerprint density at radius 2 is 1.68 bits per heavy atom. The minimum atomic E-state index is 0.459. The van der Waals surface area contributed by atoms with Crippen LogP contribution in [0.5, 0.6) is 5.88 Å². The standard InChI is InChI=1S/C30H41ClN4O2/c1-4-5-6-7-8-9-10-13-16-32-28-21(2)17-23(18-25(28)31)29-34-30(37-35-29)24-19-26(22-14-11-12-15-22)33-27(20-24)36-3/h17-20,22,32H,4-16H2,1-3H3. The number of nitrogens with one attached hydrogen (secondary N) is 1. The van der Waals surface area contributed by atoms with Crippen molar-refractivity contribution in [2.75, 3.05) is 19.0 Å². The van der Waals surface area contributed by atoms with Crippen molar-refractivity contribution in [3.8, 4) is 28.7 Å². The minimum absolute atomic E-state index is 0.459. The lowest BCUT2D eigenvalue weighted by molar-refractivity contribution is 0.394. The van der Waals surface area contributed by atoms with Gasteiger partial charge in [-0.15, -0.1) is 0 Å². The summed E-state index contributed by atoms with van der Waals surface area (Å²) in [7, 11) is 1.64. The fourth-order valence-electron chi connectivity index (χ4n) is 5.21. The summed E-state index contributed by atoms with van der Waals surface area (Å²) in [6.07, 6.45) is 15.3. The predicted octanol–water partition coefficient (Wildman–Crippen LogP) is 8.98. The molecule has 0 saturated heterocycles. The van der Waals surface area contributed by atoms with Crippen molar-refractivity contribution in [1.29, 1.82) is 0 Å². The summed E-state index contributed by atoms with van der Waals surface area (Å²) in [5.74, 6) is 2.02. The number of nitrogens with zero attached hydrogens (tertiary/aromatic N) is 3. The van der Waals surface area contributed by atoms with E-state index in [1.807, 2.05) is 12.1 Å². The van der Waals surface area contributed by atoms with Gasteiger partial charge >= 0.3 is 0 Å². The van der Waals surface area contributed by atoms with Gasteiger partial charge in [-0.25, -0.2) is 4.98 Å². The summed E-state index contributed by atoms with van der Waals surface area (Å²) in [5, 5.41) is 8.46. The van der Waals surface area contributed by atoms with Crippen LogP contribution in [0, 0.1) is 6.92 Å². The van der Waals surface area contributed by atoms with Gasteiger partial charge < -0.3 is 14.6 Å². The summed E-state index contributed by atoms with van der Waals surface area (Å²) in [4.78, 5) is 9.36. The Labute approximate surface area is 226 Å². The molecule has 1 N–H and O–H groups in total. The number of unbranched alkanes of at least 4 members (excludes halogenated alkanes) is 7. The molecule has 1 aromatic carbocycles. The lowest BCUT2D eigenvalue weighted by Crippen LogP contribution is -2.04. The molecule has 0 amide bonds. The van der Waals surface area contributed by atoms with E-state index < -0.39 is 0 Å². The fourth-order valence-corrected chi connectivity index (χ4v) is 5.55. The average Bonchev–Trinajstić information content (AvgIpc) is 3.62. The Morgan fingerprint density at radius 3 is 2.38 bits per heavy atom. The smallest absolute Gasteiger partial charge is 0.258 e. The van der Waals surface area contributed by atoms with E-state index in [2.05, 4.69) is 46.4 Å². The molecule has 2 heterocycles. The van der Waals surface area contributed by atoms with Gasteiger partial charge in [0.1, 0.15) is 0 Å². The molecule has 1 fully saturated rings. The second kappa shape index (κ2) is 13.8. The van der Waals surface area contributed by atoms with E-state index in [1.165, 1.54) is 57.8 Å². The summed E-state index contributed by atoms with van der Waals surface area (Å²) in [6, 6.07) is 7.89. The Bertz CT molecular complexity index is 1120. The number of rotatable bonds is 14. The molecular weight excluding hydrogens is 484 g/mol. The lowest BCUT2D eigenvalue weighted by Gasteiger charge is -2.13. The zero-order valence-electron chi connectivity index (χ0n) is 22.6. The van der Waals surface area contributed by atoms with E-state index in [-0.39, 0.29) is 0 Å². The first-order chi connectivity index (χ1) is 18.1. The van der Waals surface area contributed by atoms with Gasteiger partial charge in [-0.05, 0) is 49.9 Å². The van der Waals surface area contributed by atoms with Gasteiger partial charge in [0, 0.05) is 35.3 Å². The first kappa shape index (κ1) is 27.4. The molecule has 1 aliphatic rings. The van der Waals surface area contributed by atoms with Gasteiger partial charge in [0.15, 0.2) is 0 Å². The molecule has 37 heavy (non-hydrogen) atoms. The third-order valence-electron chi connectivity index (χ3n) is 7.35. The van der Waals surface area contributed by atoms with E-state index in [1.54, 1.807) is 7.11 Å². The molecule has 0 radical (unpaired) electrons. The van der Waals surface area contributed by atoms with E-state index in [9.17, 15) is 0 Å². The number of hydrogen-bond acceptors (Lipinski definition) is 6. The van der Waals surface area contributed by atoms with Crippen molar-refractivity contribution >= 4 is 17.3 Å². The number of methoxy groups -OCH3 is 1. The quantitative estimate of drug-likeness (QED) is 0.212. The maximum absolute atomic E-state index is 6.68. The van der Waals surface area contributed by atoms with E-state index in [0.717, 1.165) is 53.9 Å². The third kappa shape index (κ3) is 7.47. The second-order valence-electron chi connectivity index (χ2n) is 10.3. The topological polar surface area (TPSA) is 73.1 Å². The summed E-state index contributed by atoms with van der Waals surface area (Å²) < 4.78 is 11.1. The predicted molar refractivity (Wildman–Crippen MR) is 152 cm³/mol. The highest BCUT2D eigenvalue weighted by molar-refractivity contribution is 6.33. The van der Waals surface area contributed by atoms with Gasteiger partial charge in [-0.2, -0.15) is 4.98 Å². The molecule has 1 aliphatic carbocycles. The maximum Gasteiger partial charge on any atom is 0.258 e. The molecule has 0 spiro atoms. The molecule has 7 heteroatoms. The largest absolute Gasteiger partial charge is 0.481 e. The van der Waals surface area contributed by atoms with Crippen molar-refractivity contribution in [2.24, 2.45) is 0 Å². The summed E-state index contributed by atoms with van der Waals surface area (Å²) in [5.41, 5.74) is 4.77. The molecule has 6 nitrogen and oxygen atoms in total. The third-order valence-corrected chi connectivity index (χ3v) is 7.65. The zero-order chi connectivity index (χ0) is 26.0. The normalized spacial score (nSPS) is 13.8. The van der Waals surface area contributed by atoms with Crippen LogP contribution < -0.4 is 10.1 Å². The van der Waals surface area contributed by atoms with Crippen LogP contribution in [0.25, 0.3) is 22.8 Å². The Balaban J connectivity index is 1.38. The number of pyridine rings is 1. The molecule has 200 valence electrons. The number of aryl methyl sites for hydroxylation is 1. The number of hydrogen-bond donors (Lipinski definition) is 1. The first-order valence-corrected chi connectivity index (χ1v) is 14.4. The molecule has 0 bridgehead atoms. The Hall–Kier alpha value is -2.60. The van der Waals surface area contributed by atoms with Crippen molar-refractivity contribution in [1.82, 2.24) is 15.1 Å². The molecule has 0 unspecified atom stereocenters. The van der Waals surface area contributed by atoms with Gasteiger partial charge in [0.05, 0.1) is 17.8 Å². The van der Waals surface area contributed by atoms with E-state index in [4.69, 9.17) is 20.9 Å². The molecular formula is C30H41ClN4O2. The number of aromatic nitrogens is 3. The van der Waals surface area contributed by atoms with Crippen molar-refractivity contribution in [3.63, 3.8) is 0 Å². The minimum Gasteiger partial charge on any atom is -0.481 e. The van der Waals surface area contributed by atoms with Gasteiger partial charge in [0.2, 0.25) is 11.7 Å². The molecule has 0 aliphatic heterocycles. The van der Waals surface area contributed by atoms with Crippen LogP contribution in [0.3, 0.4) is 0 Å². The fraction of sp³-hybridized carbons (Fsp3) is 0.567.